The number of hydrogen-bond donors (Lipinski definition) is 1. The average Bonchev–Trinajstić information content (AvgIpc) is 3.06. The number of nitrogens with one attached hydrogen (secondary N) is 1. The van der Waals surface area contributed by atoms with Crippen molar-refractivity contribution in [3.63, 3.8) is 0 Å². The van der Waals surface area contributed by atoms with Gasteiger partial charge in [0.15, 0.2) is 0 Å². The number of aryl methyl sites for hydroxylation is 1. The van der Waals surface area contributed by atoms with E-state index in [0.717, 1.165) is 10.1 Å². The van der Waals surface area contributed by atoms with Crippen molar-refractivity contribution in [2.45, 2.75) is 25.7 Å². The highest BCUT2D eigenvalue weighted by Crippen LogP contribution is 2.37. The van der Waals surface area contributed by atoms with Crippen molar-refractivity contribution < 1.29 is 17.9 Å². The van der Waals surface area contributed by atoms with Crippen molar-refractivity contribution in [2.75, 3.05) is 25.5 Å². The summed E-state index contributed by atoms with van der Waals surface area (Å²) in [5, 5.41) is 3.90. The molecular weight excluding hydrogens is 444 g/mol. The van der Waals surface area contributed by atoms with Crippen LogP contribution in [-0.4, -0.2) is 38.8 Å². The summed E-state index contributed by atoms with van der Waals surface area (Å²) in [5.41, 5.74) is 1.01. The molecule has 0 unspecified atom stereocenters. The van der Waals surface area contributed by atoms with E-state index in [0.29, 0.717) is 40.0 Å². The third kappa shape index (κ3) is 4.18. The maximum atomic E-state index is 12.9. The summed E-state index contributed by atoms with van der Waals surface area (Å²) in [5.74, 6) is 0.285. The summed E-state index contributed by atoms with van der Waals surface area (Å²) in [6.45, 7) is 6.06. The number of fused-ring (bicyclic) bond motifs is 1. The number of benzene rings is 2. The first kappa shape index (κ1) is 22.6. The first-order valence-corrected chi connectivity index (χ1v) is 12.0. The third-order valence-corrected chi connectivity index (χ3v) is 8.66. The zero-order valence-electron chi connectivity index (χ0n) is 17.2. The SMILES string of the molecule is CCN(CC)S(=O)(=O)c1cc(NC(=O)c2sc3cc(OC)ccc3c2Cl)ccc1C. The van der Waals surface area contributed by atoms with E-state index in [1.54, 1.807) is 46.1 Å². The molecule has 1 heterocycles. The van der Waals surface area contributed by atoms with Gasteiger partial charge in [-0.15, -0.1) is 11.3 Å². The third-order valence-electron chi connectivity index (χ3n) is 4.81. The van der Waals surface area contributed by atoms with Crippen LogP contribution in [-0.2, 0) is 10.0 Å². The number of carbonyl (C=O) groups is 1. The lowest BCUT2D eigenvalue weighted by Crippen LogP contribution is -2.31. The molecule has 0 radical (unpaired) electrons. The highest BCUT2D eigenvalue weighted by atomic mass is 35.5. The lowest BCUT2D eigenvalue weighted by Gasteiger charge is -2.20. The van der Waals surface area contributed by atoms with Gasteiger partial charge in [-0.1, -0.05) is 31.5 Å². The summed E-state index contributed by atoms with van der Waals surface area (Å²) in [7, 11) is -2.07. The second kappa shape index (κ2) is 8.93. The molecule has 0 saturated heterocycles. The Bertz CT molecular complexity index is 1200. The first-order valence-electron chi connectivity index (χ1n) is 9.41. The number of amides is 1. The van der Waals surface area contributed by atoms with Crippen LogP contribution < -0.4 is 10.1 Å². The van der Waals surface area contributed by atoms with Gasteiger partial charge in [0.1, 0.15) is 10.6 Å². The Balaban J connectivity index is 1.95. The number of methoxy groups -OCH3 is 1. The largest absolute Gasteiger partial charge is 0.497 e. The Hall–Kier alpha value is -2.13. The van der Waals surface area contributed by atoms with Crippen molar-refractivity contribution in [3.05, 3.63) is 51.9 Å². The van der Waals surface area contributed by atoms with E-state index in [-0.39, 0.29) is 4.90 Å². The highest BCUT2D eigenvalue weighted by Gasteiger charge is 2.24. The van der Waals surface area contributed by atoms with Gasteiger partial charge in [-0.3, -0.25) is 4.79 Å². The van der Waals surface area contributed by atoms with E-state index in [2.05, 4.69) is 5.32 Å². The summed E-state index contributed by atoms with van der Waals surface area (Å²) in [4.78, 5) is 13.4. The standard InChI is InChI=1S/C21H23ClN2O4S2/c1-5-24(6-2)30(26,27)18-11-14(8-7-13(18)3)23-21(25)20-19(22)16-10-9-15(28-4)12-17(16)29-20/h7-12H,5-6H2,1-4H3,(H,23,25). The van der Waals surface area contributed by atoms with Crippen molar-refractivity contribution in [3.8, 4) is 5.75 Å². The molecular formula is C21H23ClN2O4S2. The van der Waals surface area contributed by atoms with Gasteiger partial charge < -0.3 is 10.1 Å². The number of rotatable bonds is 7. The van der Waals surface area contributed by atoms with Gasteiger partial charge in [0.25, 0.3) is 5.91 Å². The summed E-state index contributed by atoms with van der Waals surface area (Å²) >= 11 is 7.68. The summed E-state index contributed by atoms with van der Waals surface area (Å²) in [6.07, 6.45) is 0. The molecule has 0 fully saturated rings. The number of halogens is 1. The molecule has 160 valence electrons. The Labute approximate surface area is 185 Å². The number of anilines is 1. The molecule has 3 aromatic rings. The smallest absolute Gasteiger partial charge is 0.267 e. The molecule has 0 atom stereocenters. The van der Waals surface area contributed by atoms with Crippen LogP contribution in [0, 0.1) is 6.92 Å². The first-order chi connectivity index (χ1) is 14.2. The van der Waals surface area contributed by atoms with Gasteiger partial charge >= 0.3 is 0 Å². The number of sulfonamides is 1. The highest BCUT2D eigenvalue weighted by molar-refractivity contribution is 7.89. The van der Waals surface area contributed by atoms with E-state index >= 15 is 0 Å². The predicted molar refractivity (Wildman–Crippen MR) is 123 cm³/mol. The number of nitrogens with zero attached hydrogens (tertiary/aromatic N) is 1. The molecule has 30 heavy (non-hydrogen) atoms. The summed E-state index contributed by atoms with van der Waals surface area (Å²) in [6, 6.07) is 10.3. The summed E-state index contributed by atoms with van der Waals surface area (Å²) < 4.78 is 33.3. The molecule has 3 rings (SSSR count). The molecule has 0 spiro atoms. The molecule has 0 aliphatic rings. The molecule has 0 aliphatic carbocycles. The van der Waals surface area contributed by atoms with Crippen LogP contribution in [0.2, 0.25) is 5.02 Å². The van der Waals surface area contributed by atoms with Gasteiger partial charge in [0.05, 0.1) is 17.0 Å². The van der Waals surface area contributed by atoms with Gasteiger partial charge in [-0.25, -0.2) is 8.42 Å². The predicted octanol–water partition coefficient (Wildman–Crippen LogP) is 5.15. The molecule has 1 aromatic heterocycles. The minimum atomic E-state index is -3.65. The maximum Gasteiger partial charge on any atom is 0.267 e. The minimum absolute atomic E-state index is 0.177. The van der Waals surface area contributed by atoms with Crippen LogP contribution >= 0.6 is 22.9 Å². The van der Waals surface area contributed by atoms with Crippen molar-refractivity contribution in [2.24, 2.45) is 0 Å². The van der Waals surface area contributed by atoms with E-state index in [1.165, 1.54) is 21.7 Å². The second-order valence-electron chi connectivity index (χ2n) is 6.63. The molecule has 2 aromatic carbocycles. The van der Waals surface area contributed by atoms with Gasteiger partial charge in [-0.05, 0) is 42.8 Å². The normalized spacial score (nSPS) is 11.8. The Kier molecular flexibility index (Phi) is 6.71. The molecule has 9 heteroatoms. The van der Waals surface area contributed by atoms with E-state index in [1.807, 2.05) is 12.1 Å². The topological polar surface area (TPSA) is 75.7 Å². The monoisotopic (exact) mass is 466 g/mol. The zero-order valence-corrected chi connectivity index (χ0v) is 19.5. The molecule has 1 N–H and O–H groups in total. The van der Waals surface area contributed by atoms with Gasteiger partial charge in [-0.2, -0.15) is 4.31 Å². The van der Waals surface area contributed by atoms with Crippen LogP contribution in [0.4, 0.5) is 5.69 Å². The average molecular weight is 467 g/mol. The fraction of sp³-hybridized carbons (Fsp3) is 0.286. The lowest BCUT2D eigenvalue weighted by atomic mass is 10.2. The van der Waals surface area contributed by atoms with Crippen LogP contribution in [0.15, 0.2) is 41.3 Å². The molecule has 0 bridgehead atoms. The van der Waals surface area contributed by atoms with E-state index < -0.39 is 15.9 Å². The van der Waals surface area contributed by atoms with Crippen molar-refractivity contribution >= 4 is 54.6 Å². The molecule has 6 nitrogen and oxygen atoms in total. The number of hydrogen-bond acceptors (Lipinski definition) is 5. The van der Waals surface area contributed by atoms with E-state index in [9.17, 15) is 13.2 Å². The number of carbonyl (C=O) groups excluding carboxylic acids is 1. The van der Waals surface area contributed by atoms with E-state index in [4.69, 9.17) is 16.3 Å². The minimum Gasteiger partial charge on any atom is -0.497 e. The number of thiophene rings is 1. The Morgan fingerprint density at radius 1 is 1.17 bits per heavy atom. The van der Waals surface area contributed by atoms with Crippen LogP contribution in [0.25, 0.3) is 10.1 Å². The lowest BCUT2D eigenvalue weighted by molar-refractivity contribution is 0.103. The fourth-order valence-corrected chi connectivity index (χ4v) is 6.31. The maximum absolute atomic E-state index is 12.9. The van der Waals surface area contributed by atoms with Crippen LogP contribution in [0.3, 0.4) is 0 Å². The number of ether oxygens (including phenoxy) is 1. The molecule has 0 aliphatic heterocycles. The Morgan fingerprint density at radius 2 is 1.87 bits per heavy atom. The van der Waals surface area contributed by atoms with Gasteiger partial charge in [0, 0.05) is 28.9 Å². The quantitative estimate of drug-likeness (QED) is 0.522. The van der Waals surface area contributed by atoms with Crippen molar-refractivity contribution in [1.82, 2.24) is 4.31 Å². The van der Waals surface area contributed by atoms with Crippen LogP contribution in [0.1, 0.15) is 29.1 Å². The molecule has 1 amide bonds. The fourth-order valence-electron chi connectivity index (χ4n) is 3.16. The van der Waals surface area contributed by atoms with Crippen LogP contribution in [0.5, 0.6) is 5.75 Å². The van der Waals surface area contributed by atoms with Gasteiger partial charge in [0.2, 0.25) is 10.0 Å². The zero-order chi connectivity index (χ0) is 22.1. The molecule has 0 saturated carbocycles. The van der Waals surface area contributed by atoms with Crippen molar-refractivity contribution in [1.29, 1.82) is 0 Å². The second-order valence-corrected chi connectivity index (χ2v) is 9.97. The Morgan fingerprint density at radius 3 is 2.50 bits per heavy atom.